The number of furan rings is 1. The molecular weight excluding hydrogens is 237 g/mol. The fourth-order valence-electron chi connectivity index (χ4n) is 1.49. The molecule has 0 amide bonds. The Hall–Kier alpha value is -1.98. The highest BCUT2D eigenvalue weighted by atomic mass is 19.4. The first-order valence-corrected chi connectivity index (χ1v) is 4.61. The Kier molecular flexibility index (Phi) is 2.57. The second kappa shape index (κ2) is 3.80. The summed E-state index contributed by atoms with van der Waals surface area (Å²) in [4.78, 5) is 11.1. The lowest BCUT2D eigenvalue weighted by Crippen LogP contribution is -2.04. The topological polar surface area (TPSA) is 39.4 Å². The first-order chi connectivity index (χ1) is 7.93. The molecule has 90 valence electrons. The largest absolute Gasteiger partial charge is 0.463 e. The van der Waals surface area contributed by atoms with Crippen molar-refractivity contribution in [3.8, 4) is 0 Å². The van der Waals surface area contributed by atoms with Gasteiger partial charge in [0, 0.05) is 5.39 Å². The summed E-state index contributed by atoms with van der Waals surface area (Å²) in [5.41, 5.74) is -1.27. The van der Waals surface area contributed by atoms with E-state index in [1.807, 2.05) is 0 Å². The van der Waals surface area contributed by atoms with Gasteiger partial charge in [-0.15, -0.1) is 0 Å². The first-order valence-electron chi connectivity index (χ1n) is 4.61. The first kappa shape index (κ1) is 11.5. The van der Waals surface area contributed by atoms with E-state index in [0.717, 1.165) is 13.2 Å². The third kappa shape index (κ3) is 1.98. The summed E-state index contributed by atoms with van der Waals surface area (Å²) in [6.07, 6.45) is -4.52. The standard InChI is InChI=1S/C11H7F3O3/c1-16-10(15)8-5-6-3-2-4-7(9(6)17-8)11(12,13)14/h2-5H,1H3. The fourth-order valence-corrected chi connectivity index (χ4v) is 1.49. The van der Waals surface area contributed by atoms with Crippen molar-refractivity contribution in [2.24, 2.45) is 0 Å². The van der Waals surface area contributed by atoms with Crippen molar-refractivity contribution in [1.82, 2.24) is 0 Å². The van der Waals surface area contributed by atoms with Crippen molar-refractivity contribution >= 4 is 16.9 Å². The number of carbonyl (C=O) groups is 1. The molecule has 2 aromatic rings. The molecule has 1 heterocycles. The Morgan fingerprint density at radius 1 is 1.35 bits per heavy atom. The predicted octanol–water partition coefficient (Wildman–Crippen LogP) is 3.24. The Morgan fingerprint density at radius 3 is 2.65 bits per heavy atom. The minimum absolute atomic E-state index is 0.209. The molecule has 0 spiro atoms. The molecular formula is C11H7F3O3. The number of esters is 1. The molecule has 0 aliphatic heterocycles. The van der Waals surface area contributed by atoms with Crippen molar-refractivity contribution in [2.75, 3.05) is 7.11 Å². The van der Waals surface area contributed by atoms with Crippen LogP contribution in [0.1, 0.15) is 16.1 Å². The molecule has 0 radical (unpaired) electrons. The molecule has 0 saturated heterocycles. The van der Waals surface area contributed by atoms with Crippen LogP contribution in [0.25, 0.3) is 11.0 Å². The van der Waals surface area contributed by atoms with E-state index >= 15 is 0 Å². The van der Waals surface area contributed by atoms with Crippen LogP contribution in [-0.4, -0.2) is 13.1 Å². The molecule has 0 aliphatic rings. The second-order valence-electron chi connectivity index (χ2n) is 3.32. The zero-order chi connectivity index (χ0) is 12.6. The molecule has 0 atom stereocenters. The van der Waals surface area contributed by atoms with Crippen LogP contribution >= 0.6 is 0 Å². The minimum atomic E-state index is -4.52. The van der Waals surface area contributed by atoms with E-state index in [2.05, 4.69) is 4.74 Å². The molecule has 0 fully saturated rings. The molecule has 17 heavy (non-hydrogen) atoms. The molecule has 0 unspecified atom stereocenters. The highest BCUT2D eigenvalue weighted by Gasteiger charge is 2.34. The maximum Gasteiger partial charge on any atom is 0.420 e. The average Bonchev–Trinajstić information content (AvgIpc) is 2.69. The zero-order valence-corrected chi connectivity index (χ0v) is 8.67. The van der Waals surface area contributed by atoms with Gasteiger partial charge in [0.2, 0.25) is 5.76 Å². The number of halogens is 3. The van der Waals surface area contributed by atoms with Crippen LogP contribution in [0.5, 0.6) is 0 Å². The SMILES string of the molecule is COC(=O)c1cc2cccc(C(F)(F)F)c2o1. The molecule has 0 bridgehead atoms. The minimum Gasteiger partial charge on any atom is -0.463 e. The smallest absolute Gasteiger partial charge is 0.420 e. The number of hydrogen-bond acceptors (Lipinski definition) is 3. The molecule has 2 rings (SSSR count). The lowest BCUT2D eigenvalue weighted by Gasteiger charge is -2.05. The second-order valence-corrected chi connectivity index (χ2v) is 3.32. The average molecular weight is 244 g/mol. The van der Waals surface area contributed by atoms with Gasteiger partial charge < -0.3 is 9.15 Å². The number of ether oxygens (including phenoxy) is 1. The lowest BCUT2D eigenvalue weighted by molar-refractivity contribution is -0.136. The molecule has 3 nitrogen and oxygen atoms in total. The predicted molar refractivity (Wildman–Crippen MR) is 52.6 cm³/mol. The number of rotatable bonds is 1. The van der Waals surface area contributed by atoms with Gasteiger partial charge in [0.05, 0.1) is 12.7 Å². The third-order valence-electron chi connectivity index (χ3n) is 2.24. The summed E-state index contributed by atoms with van der Waals surface area (Å²) < 4.78 is 47.2. The van der Waals surface area contributed by atoms with E-state index in [9.17, 15) is 18.0 Å². The summed E-state index contributed by atoms with van der Waals surface area (Å²) in [6, 6.07) is 4.80. The van der Waals surface area contributed by atoms with E-state index < -0.39 is 17.7 Å². The highest BCUT2D eigenvalue weighted by Crippen LogP contribution is 2.35. The highest BCUT2D eigenvalue weighted by molar-refractivity contribution is 5.93. The molecule has 0 saturated carbocycles. The van der Waals surface area contributed by atoms with Crippen molar-refractivity contribution in [3.05, 3.63) is 35.6 Å². The zero-order valence-electron chi connectivity index (χ0n) is 8.67. The van der Waals surface area contributed by atoms with Crippen molar-refractivity contribution in [2.45, 2.75) is 6.18 Å². The Balaban J connectivity index is 2.65. The number of fused-ring (bicyclic) bond motifs is 1. The summed E-state index contributed by atoms with van der Waals surface area (Å²) in [5.74, 6) is -1.06. The van der Waals surface area contributed by atoms with E-state index in [-0.39, 0.29) is 16.7 Å². The number of carbonyl (C=O) groups excluding carboxylic acids is 1. The maximum atomic E-state index is 12.6. The van der Waals surface area contributed by atoms with Crippen LogP contribution in [0.2, 0.25) is 0 Å². The van der Waals surface area contributed by atoms with E-state index in [1.165, 1.54) is 18.2 Å². The Morgan fingerprint density at radius 2 is 2.06 bits per heavy atom. The third-order valence-corrected chi connectivity index (χ3v) is 2.24. The summed E-state index contributed by atoms with van der Waals surface area (Å²) >= 11 is 0. The van der Waals surface area contributed by atoms with E-state index in [0.29, 0.717) is 0 Å². The van der Waals surface area contributed by atoms with Gasteiger partial charge in [-0.2, -0.15) is 13.2 Å². The van der Waals surface area contributed by atoms with Crippen LogP contribution < -0.4 is 0 Å². The maximum absolute atomic E-state index is 12.6. The van der Waals surface area contributed by atoms with E-state index in [1.54, 1.807) is 0 Å². The lowest BCUT2D eigenvalue weighted by atomic mass is 10.1. The van der Waals surface area contributed by atoms with Gasteiger partial charge in [0.1, 0.15) is 5.58 Å². The molecule has 6 heteroatoms. The number of benzene rings is 1. The molecule has 1 aromatic heterocycles. The number of hydrogen-bond donors (Lipinski definition) is 0. The van der Waals surface area contributed by atoms with E-state index in [4.69, 9.17) is 4.42 Å². The van der Waals surface area contributed by atoms with Crippen molar-refractivity contribution in [1.29, 1.82) is 0 Å². The summed E-state index contributed by atoms with van der Waals surface area (Å²) in [7, 11) is 1.13. The van der Waals surface area contributed by atoms with Gasteiger partial charge in [0.25, 0.3) is 0 Å². The van der Waals surface area contributed by atoms with Gasteiger partial charge in [-0.3, -0.25) is 0 Å². The number of para-hydroxylation sites is 1. The Bertz CT molecular complexity index is 569. The fraction of sp³-hybridized carbons (Fsp3) is 0.182. The molecule has 0 N–H and O–H groups in total. The van der Waals surface area contributed by atoms with Crippen LogP contribution in [0.4, 0.5) is 13.2 Å². The molecule has 1 aromatic carbocycles. The number of alkyl halides is 3. The van der Waals surface area contributed by atoms with Gasteiger partial charge >= 0.3 is 12.1 Å². The van der Waals surface area contributed by atoms with Crippen LogP contribution in [0.3, 0.4) is 0 Å². The normalized spacial score (nSPS) is 11.8. The summed E-state index contributed by atoms with van der Waals surface area (Å²) in [5, 5.41) is 0.209. The van der Waals surface area contributed by atoms with Crippen LogP contribution in [0.15, 0.2) is 28.7 Å². The van der Waals surface area contributed by atoms with Crippen molar-refractivity contribution in [3.63, 3.8) is 0 Å². The summed E-state index contributed by atoms with van der Waals surface area (Å²) in [6.45, 7) is 0. The quantitative estimate of drug-likeness (QED) is 0.723. The van der Waals surface area contributed by atoms with Crippen molar-refractivity contribution < 1.29 is 27.1 Å². The van der Waals surface area contributed by atoms with Gasteiger partial charge in [-0.1, -0.05) is 12.1 Å². The van der Waals surface area contributed by atoms with Gasteiger partial charge in [-0.05, 0) is 12.1 Å². The number of methoxy groups -OCH3 is 1. The van der Waals surface area contributed by atoms with Gasteiger partial charge in [0.15, 0.2) is 0 Å². The monoisotopic (exact) mass is 244 g/mol. The van der Waals surface area contributed by atoms with Crippen LogP contribution in [0, 0.1) is 0 Å². The van der Waals surface area contributed by atoms with Gasteiger partial charge in [-0.25, -0.2) is 4.79 Å². The molecule has 0 aliphatic carbocycles. The van der Waals surface area contributed by atoms with Crippen LogP contribution in [-0.2, 0) is 10.9 Å². The Labute approximate surface area is 93.8 Å².